The van der Waals surface area contributed by atoms with Crippen LogP contribution in [0.3, 0.4) is 0 Å². The molecule has 2 aromatic rings. The molecule has 1 saturated heterocycles. The van der Waals surface area contributed by atoms with Crippen LogP contribution in [0, 0.1) is 25.2 Å². The third kappa shape index (κ3) is 5.67. The number of aryl methyl sites for hydroxylation is 2. The van der Waals surface area contributed by atoms with Gasteiger partial charge < -0.3 is 4.48 Å². The summed E-state index contributed by atoms with van der Waals surface area (Å²) in [7, 11) is 0. The number of nitriles is 1. The van der Waals surface area contributed by atoms with Crippen LogP contribution in [0.4, 0.5) is 0 Å². The van der Waals surface area contributed by atoms with Crippen molar-refractivity contribution in [2.75, 3.05) is 13.1 Å². The van der Waals surface area contributed by atoms with Gasteiger partial charge in [0.15, 0.2) is 5.78 Å². The summed E-state index contributed by atoms with van der Waals surface area (Å²) in [4.78, 5) is 13.6. The van der Waals surface area contributed by atoms with E-state index in [4.69, 9.17) is 5.26 Å². The second-order valence-electron chi connectivity index (χ2n) is 8.63. The van der Waals surface area contributed by atoms with Crippen molar-refractivity contribution in [2.45, 2.75) is 65.5 Å². The van der Waals surface area contributed by atoms with Crippen molar-refractivity contribution in [1.29, 1.82) is 5.26 Å². The van der Waals surface area contributed by atoms with E-state index in [1.807, 2.05) is 12.1 Å². The average Bonchev–Trinajstić information content (AvgIpc) is 2.72. The van der Waals surface area contributed by atoms with Gasteiger partial charge in [-0.05, 0) is 61.9 Å². The molecular weight excluding hydrogens is 445 g/mol. The van der Waals surface area contributed by atoms with Gasteiger partial charge in [-0.25, -0.2) is 0 Å². The monoisotopic (exact) mass is 478 g/mol. The zero-order valence-corrected chi connectivity index (χ0v) is 21.5. The summed E-state index contributed by atoms with van der Waals surface area (Å²) in [6.07, 6.45) is 5.03. The molecule has 1 unspecified atom stereocenters. The quantitative estimate of drug-likeness (QED) is 0.509. The fourth-order valence-corrected chi connectivity index (χ4v) is 5.11. The molecule has 1 radical (unpaired) electrons. The van der Waals surface area contributed by atoms with Crippen LogP contribution < -0.4 is 0 Å². The van der Waals surface area contributed by atoms with E-state index < -0.39 is 0 Å². The molecule has 0 saturated carbocycles. The molecule has 0 aromatic heterocycles. The molecular formula is C26H33N2OY+. The number of quaternary nitrogens is 1. The van der Waals surface area contributed by atoms with Crippen molar-refractivity contribution in [3.63, 3.8) is 0 Å². The molecule has 0 aliphatic carbocycles. The third-order valence-electron chi connectivity index (χ3n) is 6.70. The van der Waals surface area contributed by atoms with Gasteiger partial charge in [-0.1, -0.05) is 37.3 Å². The minimum absolute atomic E-state index is 0. The van der Waals surface area contributed by atoms with Gasteiger partial charge in [0.25, 0.3) is 0 Å². The summed E-state index contributed by atoms with van der Waals surface area (Å²) in [6, 6.07) is 16.4. The normalized spacial score (nSPS) is 16.2. The minimum Gasteiger partial charge on any atom is -0.311 e. The van der Waals surface area contributed by atoms with Crippen LogP contribution in [0.25, 0.3) is 0 Å². The molecule has 3 rings (SSSR count). The van der Waals surface area contributed by atoms with Gasteiger partial charge in [0.2, 0.25) is 0 Å². The summed E-state index contributed by atoms with van der Waals surface area (Å²) >= 11 is 0. The molecule has 0 bridgehead atoms. The number of rotatable bonds is 7. The Bertz CT molecular complexity index is 872. The maximum atomic E-state index is 13.6. The van der Waals surface area contributed by atoms with Crippen LogP contribution in [-0.2, 0) is 50.5 Å². The molecule has 1 aliphatic rings. The van der Waals surface area contributed by atoms with Crippen LogP contribution >= 0.6 is 0 Å². The zero-order chi connectivity index (χ0) is 20.9. The molecule has 0 N–H and O–H groups in total. The van der Waals surface area contributed by atoms with E-state index in [1.165, 1.54) is 41.5 Å². The Morgan fingerprint density at radius 3 is 2.17 bits per heavy atom. The van der Waals surface area contributed by atoms with Crippen LogP contribution in [0.2, 0.25) is 0 Å². The van der Waals surface area contributed by atoms with Gasteiger partial charge >= 0.3 is 0 Å². The van der Waals surface area contributed by atoms with E-state index in [2.05, 4.69) is 57.2 Å². The number of carbonyl (C=O) groups excluding carboxylic acids is 1. The van der Waals surface area contributed by atoms with Gasteiger partial charge in [0, 0.05) is 51.1 Å². The maximum absolute atomic E-state index is 13.6. The number of nitrogens with zero attached hydrogens (tertiary/aromatic N) is 2. The Hall–Kier alpha value is -1.34. The van der Waals surface area contributed by atoms with Gasteiger partial charge in [0.1, 0.15) is 12.6 Å². The molecule has 0 amide bonds. The molecule has 30 heavy (non-hydrogen) atoms. The standard InChI is InChI=1S/C26H33N2O.Y/c1-4-25(26(29)17-24-20(2)9-8-10-21(24)3)28(15-6-5-7-16-28)19-23-13-11-22(18-27)12-14-23;/h8-14,25H,4-7,15-17,19H2,1-3H3;/q+1;. The molecule has 4 heteroatoms. The zero-order valence-electron chi connectivity index (χ0n) is 18.7. The van der Waals surface area contributed by atoms with Crippen LogP contribution in [0.1, 0.15) is 60.4 Å². The maximum Gasteiger partial charge on any atom is 0.194 e. The van der Waals surface area contributed by atoms with Crippen molar-refractivity contribution in [2.24, 2.45) is 0 Å². The minimum atomic E-state index is 0. The van der Waals surface area contributed by atoms with Gasteiger partial charge in [-0.2, -0.15) is 5.26 Å². The number of carbonyl (C=O) groups is 1. The van der Waals surface area contributed by atoms with E-state index in [0.29, 0.717) is 17.8 Å². The largest absolute Gasteiger partial charge is 0.311 e. The number of likely N-dealkylation sites (tertiary alicyclic amines) is 1. The van der Waals surface area contributed by atoms with E-state index in [1.54, 1.807) is 0 Å². The molecule has 1 heterocycles. The van der Waals surface area contributed by atoms with Crippen LogP contribution in [0.15, 0.2) is 42.5 Å². The summed E-state index contributed by atoms with van der Waals surface area (Å²) in [5.74, 6) is 0.375. The fourth-order valence-electron chi connectivity index (χ4n) is 5.11. The summed E-state index contributed by atoms with van der Waals surface area (Å²) in [5, 5.41) is 9.09. The number of ketones is 1. The van der Waals surface area contributed by atoms with Gasteiger partial charge in [-0.15, -0.1) is 0 Å². The topological polar surface area (TPSA) is 40.9 Å². The number of benzene rings is 2. The van der Waals surface area contributed by atoms with E-state index in [-0.39, 0.29) is 38.8 Å². The Labute approximate surface area is 206 Å². The average molecular weight is 478 g/mol. The first-order valence-electron chi connectivity index (χ1n) is 10.9. The first-order chi connectivity index (χ1) is 14.0. The number of hydrogen-bond acceptors (Lipinski definition) is 2. The van der Waals surface area contributed by atoms with Crippen LogP contribution in [0.5, 0.6) is 0 Å². The van der Waals surface area contributed by atoms with Crippen molar-refractivity contribution in [1.82, 2.24) is 0 Å². The Kier molecular flexibility index (Phi) is 9.42. The van der Waals surface area contributed by atoms with Crippen molar-refractivity contribution >= 4 is 5.78 Å². The second kappa shape index (κ2) is 11.3. The first-order valence-corrected chi connectivity index (χ1v) is 10.9. The Morgan fingerprint density at radius 1 is 1.03 bits per heavy atom. The molecule has 3 nitrogen and oxygen atoms in total. The Balaban J connectivity index is 0.00000320. The van der Waals surface area contributed by atoms with Gasteiger partial charge in [-0.3, -0.25) is 4.79 Å². The number of hydrogen-bond donors (Lipinski definition) is 0. The molecule has 1 aliphatic heterocycles. The second-order valence-corrected chi connectivity index (χ2v) is 8.63. The predicted octanol–water partition coefficient (Wildman–Crippen LogP) is 5.26. The molecule has 2 aromatic carbocycles. The molecule has 0 spiro atoms. The predicted molar refractivity (Wildman–Crippen MR) is 117 cm³/mol. The smallest absolute Gasteiger partial charge is 0.194 e. The summed E-state index contributed by atoms with van der Waals surface area (Å²) < 4.78 is 0.867. The summed E-state index contributed by atoms with van der Waals surface area (Å²) in [6.45, 7) is 9.40. The number of piperidine rings is 1. The number of Topliss-reactive ketones (excluding diaryl/α,β-unsaturated/α-hetero) is 1. The molecule has 1 atom stereocenters. The third-order valence-corrected chi connectivity index (χ3v) is 6.70. The van der Waals surface area contributed by atoms with Crippen molar-refractivity contribution in [3.8, 4) is 6.07 Å². The molecule has 155 valence electrons. The summed E-state index contributed by atoms with van der Waals surface area (Å²) in [5.41, 5.74) is 5.54. The first kappa shape index (κ1) is 24.9. The molecule has 1 fully saturated rings. The Morgan fingerprint density at radius 2 is 1.63 bits per heavy atom. The van der Waals surface area contributed by atoms with Crippen molar-refractivity contribution in [3.05, 3.63) is 70.3 Å². The SMILES string of the molecule is CCC(C(=O)Cc1c(C)cccc1C)[N+]1(Cc2ccc(C#N)cc2)CCCCC1.[Y]. The van der Waals surface area contributed by atoms with E-state index in [9.17, 15) is 4.79 Å². The van der Waals surface area contributed by atoms with Crippen molar-refractivity contribution < 1.29 is 42.0 Å². The fraction of sp³-hybridized carbons (Fsp3) is 0.462. The van der Waals surface area contributed by atoms with E-state index >= 15 is 0 Å². The van der Waals surface area contributed by atoms with Crippen LogP contribution in [-0.4, -0.2) is 29.4 Å². The van der Waals surface area contributed by atoms with E-state index in [0.717, 1.165) is 30.5 Å². The van der Waals surface area contributed by atoms with Gasteiger partial charge in [0.05, 0.1) is 24.7 Å².